The molecular formula is C13H19N3O2S. The predicted octanol–water partition coefficient (Wildman–Crippen LogP) is 1.85. The van der Waals surface area contributed by atoms with Crippen LogP contribution in [0, 0.1) is 16.7 Å². The van der Waals surface area contributed by atoms with E-state index in [4.69, 9.17) is 11.0 Å². The zero-order chi connectivity index (χ0) is 14.7. The molecule has 1 aromatic rings. The molecule has 0 aliphatic carbocycles. The molecule has 0 fully saturated rings. The van der Waals surface area contributed by atoms with Crippen molar-refractivity contribution in [2.75, 3.05) is 12.3 Å². The van der Waals surface area contributed by atoms with Gasteiger partial charge < -0.3 is 5.73 Å². The highest BCUT2D eigenvalue weighted by molar-refractivity contribution is 7.89. The lowest BCUT2D eigenvalue weighted by atomic mass is 9.93. The predicted molar refractivity (Wildman–Crippen MR) is 74.8 cm³/mol. The van der Waals surface area contributed by atoms with Crippen LogP contribution in [0.25, 0.3) is 0 Å². The van der Waals surface area contributed by atoms with Gasteiger partial charge in [-0.1, -0.05) is 20.8 Å². The van der Waals surface area contributed by atoms with E-state index >= 15 is 0 Å². The average Bonchev–Trinajstić information content (AvgIpc) is 2.26. The van der Waals surface area contributed by atoms with E-state index in [2.05, 4.69) is 4.72 Å². The molecule has 6 heteroatoms. The Morgan fingerprint density at radius 3 is 2.47 bits per heavy atom. The van der Waals surface area contributed by atoms with E-state index in [1.165, 1.54) is 18.2 Å². The van der Waals surface area contributed by atoms with E-state index in [0.717, 1.165) is 6.42 Å². The van der Waals surface area contributed by atoms with Gasteiger partial charge in [-0.15, -0.1) is 0 Å². The van der Waals surface area contributed by atoms with E-state index in [9.17, 15) is 8.42 Å². The lowest BCUT2D eigenvalue weighted by molar-refractivity contribution is 0.378. The maximum absolute atomic E-state index is 12.1. The fraction of sp³-hybridized carbons (Fsp3) is 0.462. The largest absolute Gasteiger partial charge is 0.398 e. The maximum Gasteiger partial charge on any atom is 0.242 e. The molecule has 0 atom stereocenters. The van der Waals surface area contributed by atoms with E-state index in [1.807, 2.05) is 26.8 Å². The van der Waals surface area contributed by atoms with Gasteiger partial charge in [0, 0.05) is 6.54 Å². The topological polar surface area (TPSA) is 96.0 Å². The lowest BCUT2D eigenvalue weighted by Crippen LogP contribution is -2.28. The van der Waals surface area contributed by atoms with Crippen LogP contribution < -0.4 is 10.5 Å². The van der Waals surface area contributed by atoms with Crippen LogP contribution in [0.3, 0.4) is 0 Å². The Morgan fingerprint density at radius 2 is 2.00 bits per heavy atom. The summed E-state index contributed by atoms with van der Waals surface area (Å²) in [5, 5.41) is 8.72. The van der Waals surface area contributed by atoms with Gasteiger partial charge in [0.05, 0.1) is 17.3 Å². The monoisotopic (exact) mass is 281 g/mol. The van der Waals surface area contributed by atoms with Crippen molar-refractivity contribution in [2.45, 2.75) is 32.1 Å². The van der Waals surface area contributed by atoms with Gasteiger partial charge >= 0.3 is 0 Å². The molecule has 3 N–H and O–H groups in total. The first-order valence-electron chi connectivity index (χ1n) is 5.95. The first-order valence-corrected chi connectivity index (χ1v) is 7.43. The minimum absolute atomic E-state index is 0.0143. The van der Waals surface area contributed by atoms with Crippen molar-refractivity contribution in [2.24, 2.45) is 5.41 Å². The molecule has 0 spiro atoms. The number of rotatable bonds is 4. The van der Waals surface area contributed by atoms with Crippen LogP contribution in [-0.4, -0.2) is 15.0 Å². The van der Waals surface area contributed by atoms with Gasteiger partial charge in [0.2, 0.25) is 10.0 Å². The first-order chi connectivity index (χ1) is 8.65. The van der Waals surface area contributed by atoms with Crippen molar-refractivity contribution < 1.29 is 8.42 Å². The quantitative estimate of drug-likeness (QED) is 0.823. The summed E-state index contributed by atoms with van der Waals surface area (Å²) in [4.78, 5) is 0.0143. The summed E-state index contributed by atoms with van der Waals surface area (Å²) in [6.45, 7) is 6.47. The van der Waals surface area contributed by atoms with Crippen molar-refractivity contribution in [1.29, 1.82) is 5.26 Å². The highest BCUT2D eigenvalue weighted by atomic mass is 32.2. The standard InChI is InChI=1S/C13H19N3O2S/c1-13(2,3)6-7-16-19(17,18)12-5-4-10(9-14)8-11(12)15/h4-5,8,16H,6-7,15H2,1-3H3. The zero-order valence-corrected chi connectivity index (χ0v) is 12.2. The second-order valence-electron chi connectivity index (χ2n) is 5.57. The van der Waals surface area contributed by atoms with Crippen LogP contribution in [0.1, 0.15) is 32.8 Å². The Morgan fingerprint density at radius 1 is 1.37 bits per heavy atom. The van der Waals surface area contributed by atoms with Crippen molar-refractivity contribution in [3.63, 3.8) is 0 Å². The van der Waals surface area contributed by atoms with Gasteiger partial charge in [-0.3, -0.25) is 0 Å². The maximum atomic E-state index is 12.1. The molecule has 19 heavy (non-hydrogen) atoms. The minimum atomic E-state index is -3.62. The van der Waals surface area contributed by atoms with Gasteiger partial charge in [0.25, 0.3) is 0 Å². The molecule has 0 saturated heterocycles. The minimum Gasteiger partial charge on any atom is -0.398 e. The third kappa shape index (κ3) is 4.54. The molecule has 1 aromatic carbocycles. The normalized spacial score (nSPS) is 12.1. The Bertz CT molecular complexity index is 595. The second-order valence-corrected chi connectivity index (χ2v) is 7.31. The highest BCUT2D eigenvalue weighted by Crippen LogP contribution is 2.21. The molecule has 0 aliphatic heterocycles. The number of sulfonamides is 1. The number of benzene rings is 1. The van der Waals surface area contributed by atoms with Crippen LogP contribution in [0.2, 0.25) is 0 Å². The third-order valence-electron chi connectivity index (χ3n) is 2.60. The molecule has 0 heterocycles. The van der Waals surface area contributed by atoms with Gasteiger partial charge in [-0.05, 0) is 30.0 Å². The van der Waals surface area contributed by atoms with E-state index in [0.29, 0.717) is 12.1 Å². The summed E-state index contributed by atoms with van der Waals surface area (Å²) in [5.74, 6) is 0. The highest BCUT2D eigenvalue weighted by Gasteiger charge is 2.18. The summed E-state index contributed by atoms with van der Waals surface area (Å²) in [5.41, 5.74) is 6.15. The van der Waals surface area contributed by atoms with E-state index in [1.54, 1.807) is 0 Å². The second kappa shape index (κ2) is 5.59. The number of nitrogens with two attached hydrogens (primary N) is 1. The molecule has 0 bridgehead atoms. The number of hydrogen-bond donors (Lipinski definition) is 2. The smallest absolute Gasteiger partial charge is 0.242 e. The molecule has 104 valence electrons. The molecule has 0 radical (unpaired) electrons. The van der Waals surface area contributed by atoms with E-state index < -0.39 is 10.0 Å². The van der Waals surface area contributed by atoms with Gasteiger partial charge in [-0.25, -0.2) is 13.1 Å². The molecule has 0 aromatic heterocycles. The van der Waals surface area contributed by atoms with Crippen molar-refractivity contribution in [3.8, 4) is 6.07 Å². The summed E-state index contributed by atoms with van der Waals surface area (Å²) >= 11 is 0. The zero-order valence-electron chi connectivity index (χ0n) is 11.4. The number of nitrogens with one attached hydrogen (secondary N) is 1. The number of nitrogens with zero attached hydrogens (tertiary/aromatic N) is 1. The van der Waals surface area contributed by atoms with Crippen molar-refractivity contribution in [1.82, 2.24) is 4.72 Å². The number of anilines is 1. The number of hydrogen-bond acceptors (Lipinski definition) is 4. The van der Waals surface area contributed by atoms with Gasteiger partial charge in [0.15, 0.2) is 0 Å². The number of nitrogen functional groups attached to an aromatic ring is 1. The van der Waals surface area contributed by atoms with E-state index in [-0.39, 0.29) is 16.0 Å². The average molecular weight is 281 g/mol. The molecule has 0 unspecified atom stereocenters. The number of nitriles is 1. The third-order valence-corrected chi connectivity index (χ3v) is 4.13. The van der Waals surface area contributed by atoms with Crippen molar-refractivity contribution >= 4 is 15.7 Å². The molecule has 0 amide bonds. The Hall–Kier alpha value is -1.58. The summed E-state index contributed by atoms with van der Waals surface area (Å²) in [6, 6.07) is 6.07. The fourth-order valence-corrected chi connectivity index (χ4v) is 2.64. The molecule has 0 saturated carbocycles. The first kappa shape index (κ1) is 15.5. The van der Waals surface area contributed by atoms with Crippen LogP contribution >= 0.6 is 0 Å². The Labute approximate surface area is 114 Å². The fourth-order valence-electron chi connectivity index (χ4n) is 1.50. The van der Waals surface area contributed by atoms with Crippen LogP contribution in [0.4, 0.5) is 5.69 Å². The lowest BCUT2D eigenvalue weighted by Gasteiger charge is -2.18. The summed E-state index contributed by atoms with van der Waals surface area (Å²) in [7, 11) is -3.62. The molecule has 1 rings (SSSR count). The summed E-state index contributed by atoms with van der Waals surface area (Å²) in [6.07, 6.45) is 0.725. The van der Waals surface area contributed by atoms with Crippen molar-refractivity contribution in [3.05, 3.63) is 23.8 Å². The molecule has 0 aliphatic rings. The van der Waals surface area contributed by atoms with Crippen LogP contribution in [0.5, 0.6) is 0 Å². The SMILES string of the molecule is CC(C)(C)CCNS(=O)(=O)c1ccc(C#N)cc1N. The summed E-state index contributed by atoms with van der Waals surface area (Å²) < 4.78 is 26.6. The molecule has 5 nitrogen and oxygen atoms in total. The van der Waals surface area contributed by atoms with Gasteiger partial charge in [-0.2, -0.15) is 5.26 Å². The Balaban J connectivity index is 2.87. The Kier molecular flexibility index (Phi) is 4.56. The molecular weight excluding hydrogens is 262 g/mol. The van der Waals surface area contributed by atoms with Gasteiger partial charge in [0.1, 0.15) is 4.90 Å². The van der Waals surface area contributed by atoms with Crippen LogP contribution in [-0.2, 0) is 10.0 Å². The van der Waals surface area contributed by atoms with Crippen LogP contribution in [0.15, 0.2) is 23.1 Å².